The summed E-state index contributed by atoms with van der Waals surface area (Å²) in [5.74, 6) is -0.576. The van der Waals surface area contributed by atoms with Gasteiger partial charge in [0.15, 0.2) is 0 Å². The Kier molecular flexibility index (Phi) is 7.17. The van der Waals surface area contributed by atoms with Crippen molar-refractivity contribution >= 4 is 45.2 Å². The molecule has 0 saturated carbocycles. The van der Waals surface area contributed by atoms with Gasteiger partial charge in [-0.2, -0.15) is 5.10 Å². The number of anilines is 1. The molecule has 1 aromatic heterocycles. The molecule has 0 atom stereocenters. The van der Waals surface area contributed by atoms with Crippen LogP contribution in [-0.2, 0) is 9.59 Å². The average Bonchev–Trinajstić information content (AvgIpc) is 3.30. The van der Waals surface area contributed by atoms with Crippen LogP contribution in [0.1, 0.15) is 30.4 Å². The van der Waals surface area contributed by atoms with Crippen LogP contribution in [-0.4, -0.2) is 24.6 Å². The second-order valence-corrected chi connectivity index (χ2v) is 8.95. The Morgan fingerprint density at radius 2 is 1.47 bits per heavy atom. The molecule has 0 spiro atoms. The van der Waals surface area contributed by atoms with Crippen LogP contribution in [0.2, 0.25) is 0 Å². The van der Waals surface area contributed by atoms with Crippen molar-refractivity contribution in [1.29, 1.82) is 0 Å². The summed E-state index contributed by atoms with van der Waals surface area (Å²) >= 11 is 0. The molecule has 0 fully saturated rings. The predicted octanol–water partition coefficient (Wildman–Crippen LogP) is 6.25. The van der Waals surface area contributed by atoms with E-state index in [0.29, 0.717) is 22.7 Å². The number of furan rings is 1. The first-order valence-corrected chi connectivity index (χ1v) is 12.3. The molecule has 1 heterocycles. The van der Waals surface area contributed by atoms with E-state index in [4.69, 9.17) is 9.15 Å². The number of hydrogen-bond acceptors (Lipinski definition) is 5. The number of carbonyl (C=O) groups is 2. The third-order valence-electron chi connectivity index (χ3n) is 6.27. The van der Waals surface area contributed by atoms with Crippen molar-refractivity contribution in [3.05, 3.63) is 108 Å². The van der Waals surface area contributed by atoms with Gasteiger partial charge in [0.2, 0.25) is 5.91 Å². The summed E-state index contributed by atoms with van der Waals surface area (Å²) in [6.07, 6.45) is -0.0110. The van der Waals surface area contributed by atoms with Crippen molar-refractivity contribution in [2.75, 3.05) is 12.4 Å². The third-order valence-corrected chi connectivity index (χ3v) is 6.27. The molecule has 7 heteroatoms. The highest BCUT2D eigenvalue weighted by Crippen LogP contribution is 2.36. The zero-order chi connectivity index (χ0) is 26.5. The van der Waals surface area contributed by atoms with Crippen LogP contribution < -0.4 is 15.5 Å². The number of hydrazone groups is 1. The number of nitrogens with one attached hydrogen (secondary N) is 2. The van der Waals surface area contributed by atoms with Gasteiger partial charge in [-0.3, -0.25) is 9.59 Å². The monoisotopic (exact) mass is 505 g/mol. The Morgan fingerprint density at radius 1 is 0.842 bits per heavy atom. The molecule has 0 aliphatic rings. The van der Waals surface area contributed by atoms with E-state index < -0.39 is 5.92 Å². The Labute approximate surface area is 220 Å². The highest BCUT2D eigenvalue weighted by molar-refractivity contribution is 6.10. The molecule has 5 rings (SSSR count). The minimum atomic E-state index is -0.525. The SMILES string of the molecule is COc1cc2c(cc1NC(=O)CC(C)=NNC(=O)C(c1ccccc1)c1ccccc1)oc1ccccc12. The second-order valence-electron chi connectivity index (χ2n) is 8.95. The molecule has 0 aliphatic heterocycles. The van der Waals surface area contributed by atoms with Crippen molar-refractivity contribution in [2.24, 2.45) is 5.10 Å². The standard InChI is InChI=1S/C31H27N3O4/c1-20(33-34-31(36)30(21-11-5-3-6-12-21)22-13-7-4-8-14-22)17-29(35)32-25-19-27-24(18-28(25)37-2)23-15-9-10-16-26(23)38-27/h3-16,18-19,30H,17H2,1-2H3,(H,32,35)(H,34,36). The second kappa shape index (κ2) is 11.0. The molecule has 7 nitrogen and oxygen atoms in total. The van der Waals surface area contributed by atoms with Gasteiger partial charge < -0.3 is 14.5 Å². The molecule has 4 aromatic carbocycles. The zero-order valence-corrected chi connectivity index (χ0v) is 21.1. The number of benzene rings is 4. The zero-order valence-electron chi connectivity index (χ0n) is 21.1. The third kappa shape index (κ3) is 5.27. The van der Waals surface area contributed by atoms with E-state index >= 15 is 0 Å². The Hall–Kier alpha value is -4.91. The number of methoxy groups -OCH3 is 1. The first-order valence-electron chi connectivity index (χ1n) is 12.3. The Bertz CT molecular complexity index is 1590. The summed E-state index contributed by atoms with van der Waals surface area (Å²) in [4.78, 5) is 26.0. The maximum Gasteiger partial charge on any atom is 0.252 e. The molecule has 0 aliphatic carbocycles. The van der Waals surface area contributed by atoms with Gasteiger partial charge in [0.25, 0.3) is 5.91 Å². The number of para-hydroxylation sites is 1. The van der Waals surface area contributed by atoms with E-state index in [0.717, 1.165) is 27.5 Å². The van der Waals surface area contributed by atoms with Gasteiger partial charge in [0.1, 0.15) is 16.9 Å². The van der Waals surface area contributed by atoms with E-state index in [1.54, 1.807) is 20.1 Å². The summed E-state index contributed by atoms with van der Waals surface area (Å²) in [6, 6.07) is 30.4. The van der Waals surface area contributed by atoms with E-state index in [-0.39, 0.29) is 18.2 Å². The van der Waals surface area contributed by atoms with Crippen LogP contribution in [0.3, 0.4) is 0 Å². The lowest BCUT2D eigenvalue weighted by molar-refractivity contribution is -0.121. The lowest BCUT2D eigenvalue weighted by atomic mass is 9.91. The molecule has 2 amide bonds. The van der Waals surface area contributed by atoms with Crippen LogP contribution in [0.4, 0.5) is 5.69 Å². The topological polar surface area (TPSA) is 92.9 Å². The van der Waals surface area contributed by atoms with Crippen LogP contribution in [0.5, 0.6) is 5.75 Å². The van der Waals surface area contributed by atoms with Crippen LogP contribution in [0.25, 0.3) is 21.9 Å². The molecular formula is C31H27N3O4. The molecule has 5 aromatic rings. The van der Waals surface area contributed by atoms with Crippen molar-refractivity contribution in [2.45, 2.75) is 19.3 Å². The van der Waals surface area contributed by atoms with Crippen molar-refractivity contribution < 1.29 is 18.7 Å². The molecule has 38 heavy (non-hydrogen) atoms. The van der Waals surface area contributed by atoms with Gasteiger partial charge in [0.05, 0.1) is 25.1 Å². The van der Waals surface area contributed by atoms with Crippen molar-refractivity contribution in [3.8, 4) is 5.75 Å². The number of ether oxygens (including phenoxy) is 1. The fraction of sp³-hybridized carbons (Fsp3) is 0.129. The van der Waals surface area contributed by atoms with Crippen molar-refractivity contribution in [3.63, 3.8) is 0 Å². The quantitative estimate of drug-likeness (QED) is 0.193. The van der Waals surface area contributed by atoms with E-state index in [9.17, 15) is 9.59 Å². The molecule has 0 radical (unpaired) electrons. The van der Waals surface area contributed by atoms with Crippen molar-refractivity contribution in [1.82, 2.24) is 5.43 Å². The first-order chi connectivity index (χ1) is 18.5. The first kappa shape index (κ1) is 24.8. The highest BCUT2D eigenvalue weighted by Gasteiger charge is 2.22. The maximum absolute atomic E-state index is 13.2. The minimum Gasteiger partial charge on any atom is -0.495 e. The fourth-order valence-electron chi connectivity index (χ4n) is 4.49. The largest absolute Gasteiger partial charge is 0.495 e. The molecule has 0 bridgehead atoms. The molecule has 190 valence electrons. The summed E-state index contributed by atoms with van der Waals surface area (Å²) in [7, 11) is 1.55. The summed E-state index contributed by atoms with van der Waals surface area (Å²) in [6.45, 7) is 1.69. The van der Waals surface area contributed by atoms with Crippen LogP contribution in [0.15, 0.2) is 107 Å². The normalized spacial score (nSPS) is 11.6. The van der Waals surface area contributed by atoms with Gasteiger partial charge >= 0.3 is 0 Å². The number of rotatable bonds is 8. The lowest BCUT2D eigenvalue weighted by Gasteiger charge is -2.16. The minimum absolute atomic E-state index is 0.0110. The summed E-state index contributed by atoms with van der Waals surface area (Å²) < 4.78 is 11.5. The summed E-state index contributed by atoms with van der Waals surface area (Å²) in [5, 5.41) is 8.96. The smallest absolute Gasteiger partial charge is 0.252 e. The van der Waals surface area contributed by atoms with Gasteiger partial charge in [-0.1, -0.05) is 78.9 Å². The number of fused-ring (bicyclic) bond motifs is 3. The van der Waals surface area contributed by atoms with E-state index in [1.165, 1.54) is 0 Å². The number of hydrogen-bond donors (Lipinski definition) is 2. The molecular weight excluding hydrogens is 478 g/mol. The fourth-order valence-corrected chi connectivity index (χ4v) is 4.49. The van der Waals surface area contributed by atoms with Gasteiger partial charge in [-0.05, 0) is 30.2 Å². The number of nitrogens with zero attached hydrogens (tertiary/aromatic N) is 1. The molecule has 2 N–H and O–H groups in total. The highest BCUT2D eigenvalue weighted by atomic mass is 16.5. The summed E-state index contributed by atoms with van der Waals surface area (Å²) in [5.41, 5.74) is 6.71. The predicted molar refractivity (Wildman–Crippen MR) is 149 cm³/mol. The van der Waals surface area contributed by atoms with E-state index in [2.05, 4.69) is 15.8 Å². The molecule has 0 saturated heterocycles. The number of amides is 2. The van der Waals surface area contributed by atoms with Gasteiger partial charge in [-0.15, -0.1) is 0 Å². The maximum atomic E-state index is 13.2. The van der Waals surface area contributed by atoms with Gasteiger partial charge in [-0.25, -0.2) is 5.43 Å². The lowest BCUT2D eigenvalue weighted by Crippen LogP contribution is -2.27. The number of carbonyl (C=O) groups excluding carboxylic acids is 2. The molecule has 0 unspecified atom stereocenters. The van der Waals surface area contributed by atoms with Crippen LogP contribution >= 0.6 is 0 Å². The van der Waals surface area contributed by atoms with Crippen LogP contribution in [0, 0.1) is 0 Å². The van der Waals surface area contributed by atoms with E-state index in [1.807, 2.05) is 91.0 Å². The van der Waals surface area contributed by atoms with Gasteiger partial charge in [0, 0.05) is 22.6 Å². The Balaban J connectivity index is 1.29. The average molecular weight is 506 g/mol. The Morgan fingerprint density at radius 3 is 2.13 bits per heavy atom.